The van der Waals surface area contributed by atoms with Crippen LogP contribution in [0.1, 0.15) is 18.4 Å². The third kappa shape index (κ3) is 3.80. The Labute approximate surface area is 142 Å². The second-order valence-corrected chi connectivity index (χ2v) is 6.52. The summed E-state index contributed by atoms with van der Waals surface area (Å²) >= 11 is 11.8. The molecule has 2 fully saturated rings. The molecule has 2 saturated heterocycles. The third-order valence-corrected chi connectivity index (χ3v) is 4.87. The van der Waals surface area contributed by atoms with E-state index in [0.29, 0.717) is 0 Å². The molecule has 2 heterocycles. The van der Waals surface area contributed by atoms with Crippen molar-refractivity contribution < 1.29 is 4.74 Å². The van der Waals surface area contributed by atoms with Gasteiger partial charge in [0.05, 0.1) is 13.2 Å². The number of rotatable bonds is 3. The van der Waals surface area contributed by atoms with Crippen LogP contribution in [0.15, 0.2) is 30.5 Å². The Morgan fingerprint density at radius 1 is 1.05 bits per heavy atom. The second kappa shape index (κ2) is 7.44. The number of morpholine rings is 1. The van der Waals surface area contributed by atoms with E-state index in [0.717, 1.165) is 60.5 Å². The van der Waals surface area contributed by atoms with Gasteiger partial charge in [-0.2, -0.15) is 0 Å². The summed E-state index contributed by atoms with van der Waals surface area (Å²) in [6, 6.07) is 7.96. The van der Waals surface area contributed by atoms with E-state index in [4.69, 9.17) is 28.6 Å². The molecule has 0 saturated carbocycles. The number of ether oxygens (including phenoxy) is 1. The molecule has 0 bridgehead atoms. The zero-order chi connectivity index (χ0) is 15.4. The van der Waals surface area contributed by atoms with Crippen LogP contribution in [-0.2, 0) is 4.74 Å². The summed E-state index contributed by atoms with van der Waals surface area (Å²) < 4.78 is 5.44. The Bertz CT molecular complexity index is 546. The molecule has 2 aliphatic heterocycles. The molecule has 0 spiro atoms. The summed E-state index contributed by atoms with van der Waals surface area (Å²) in [5.74, 6) is 0. The summed E-state index contributed by atoms with van der Waals surface area (Å²) in [6.45, 7) is 5.45. The standard InChI is InChI=1S/C17H21ClN2OS/c18-15-5-3-14(4-6-15)16(13-19-7-1-2-8-19)17(22)20-9-11-21-12-10-20/h3-6,13H,1-2,7-12H2/b16-13+. The molecule has 22 heavy (non-hydrogen) atoms. The number of hydrogen-bond donors (Lipinski definition) is 0. The largest absolute Gasteiger partial charge is 0.378 e. The molecule has 3 nitrogen and oxygen atoms in total. The lowest BCUT2D eigenvalue weighted by molar-refractivity contribution is 0.0696. The van der Waals surface area contributed by atoms with E-state index in [2.05, 4.69) is 28.1 Å². The van der Waals surface area contributed by atoms with Crippen LogP contribution >= 0.6 is 23.8 Å². The minimum Gasteiger partial charge on any atom is -0.378 e. The van der Waals surface area contributed by atoms with Gasteiger partial charge >= 0.3 is 0 Å². The molecule has 0 N–H and O–H groups in total. The van der Waals surface area contributed by atoms with Crippen molar-refractivity contribution in [2.75, 3.05) is 39.4 Å². The number of halogens is 1. The fourth-order valence-corrected chi connectivity index (χ4v) is 3.35. The maximum Gasteiger partial charge on any atom is 0.111 e. The molecule has 3 rings (SSSR count). The highest BCUT2D eigenvalue weighted by Crippen LogP contribution is 2.23. The summed E-state index contributed by atoms with van der Waals surface area (Å²) in [5.41, 5.74) is 2.25. The molecule has 0 radical (unpaired) electrons. The molecule has 118 valence electrons. The van der Waals surface area contributed by atoms with Crippen molar-refractivity contribution >= 4 is 34.4 Å². The monoisotopic (exact) mass is 336 g/mol. The van der Waals surface area contributed by atoms with Gasteiger partial charge in [0.2, 0.25) is 0 Å². The summed E-state index contributed by atoms with van der Waals surface area (Å²) in [4.78, 5) is 5.53. The van der Waals surface area contributed by atoms with Crippen molar-refractivity contribution in [3.63, 3.8) is 0 Å². The van der Waals surface area contributed by atoms with Crippen molar-refractivity contribution in [2.24, 2.45) is 0 Å². The predicted molar refractivity (Wildman–Crippen MR) is 95.2 cm³/mol. The van der Waals surface area contributed by atoms with Gasteiger partial charge in [-0.1, -0.05) is 36.0 Å². The minimum atomic E-state index is 0.748. The Morgan fingerprint density at radius 3 is 2.32 bits per heavy atom. The second-order valence-electron chi connectivity index (χ2n) is 5.70. The SMILES string of the molecule is S=C(/C(=C/N1CCCC1)c1ccc(Cl)cc1)N1CCOCC1. The first kappa shape index (κ1) is 15.8. The molecule has 0 aromatic heterocycles. The number of benzene rings is 1. The average molecular weight is 337 g/mol. The quantitative estimate of drug-likeness (QED) is 0.620. The summed E-state index contributed by atoms with van der Waals surface area (Å²) in [7, 11) is 0. The van der Waals surface area contributed by atoms with Gasteiger partial charge in [0.25, 0.3) is 0 Å². The number of hydrogen-bond acceptors (Lipinski definition) is 3. The van der Waals surface area contributed by atoms with E-state index in [9.17, 15) is 0 Å². The van der Waals surface area contributed by atoms with Crippen LogP contribution in [-0.4, -0.2) is 54.2 Å². The Morgan fingerprint density at radius 2 is 1.68 bits per heavy atom. The van der Waals surface area contributed by atoms with E-state index in [-0.39, 0.29) is 0 Å². The van der Waals surface area contributed by atoms with Crippen molar-refractivity contribution in [3.8, 4) is 0 Å². The van der Waals surface area contributed by atoms with Gasteiger partial charge in [-0.05, 0) is 30.5 Å². The van der Waals surface area contributed by atoms with Crippen LogP contribution < -0.4 is 0 Å². The number of nitrogens with zero attached hydrogens (tertiary/aromatic N) is 2. The minimum absolute atomic E-state index is 0.748. The van der Waals surface area contributed by atoms with Crippen LogP contribution in [0.4, 0.5) is 0 Å². The van der Waals surface area contributed by atoms with E-state index in [1.807, 2.05) is 12.1 Å². The highest BCUT2D eigenvalue weighted by Gasteiger charge is 2.20. The number of likely N-dealkylation sites (tertiary alicyclic amines) is 1. The molecule has 5 heteroatoms. The van der Waals surface area contributed by atoms with Gasteiger partial charge < -0.3 is 14.5 Å². The predicted octanol–water partition coefficient (Wildman–Crippen LogP) is 3.44. The molecule has 0 atom stereocenters. The maximum absolute atomic E-state index is 6.03. The zero-order valence-electron chi connectivity index (χ0n) is 12.6. The van der Waals surface area contributed by atoms with Gasteiger partial charge in [0.15, 0.2) is 0 Å². The van der Waals surface area contributed by atoms with E-state index in [1.165, 1.54) is 12.8 Å². The summed E-state index contributed by atoms with van der Waals surface area (Å²) in [5, 5.41) is 0.751. The van der Waals surface area contributed by atoms with Crippen LogP contribution in [0, 0.1) is 0 Å². The lowest BCUT2D eigenvalue weighted by Crippen LogP contribution is -2.40. The Balaban J connectivity index is 1.87. The first-order valence-electron chi connectivity index (χ1n) is 7.83. The van der Waals surface area contributed by atoms with Crippen LogP contribution in [0.2, 0.25) is 5.02 Å². The molecular formula is C17H21ClN2OS. The van der Waals surface area contributed by atoms with Crippen molar-refractivity contribution in [1.82, 2.24) is 9.80 Å². The Kier molecular flexibility index (Phi) is 5.34. The first-order chi connectivity index (χ1) is 10.7. The first-order valence-corrected chi connectivity index (χ1v) is 8.61. The van der Waals surface area contributed by atoms with Crippen molar-refractivity contribution in [2.45, 2.75) is 12.8 Å². The topological polar surface area (TPSA) is 15.7 Å². The van der Waals surface area contributed by atoms with Crippen LogP contribution in [0.3, 0.4) is 0 Å². The van der Waals surface area contributed by atoms with E-state index < -0.39 is 0 Å². The molecular weight excluding hydrogens is 316 g/mol. The zero-order valence-corrected chi connectivity index (χ0v) is 14.2. The third-order valence-electron chi connectivity index (χ3n) is 4.14. The van der Waals surface area contributed by atoms with Gasteiger partial charge in [0.1, 0.15) is 4.99 Å². The number of thiocarbonyl (C=S) groups is 1. The molecule has 1 aromatic carbocycles. The van der Waals surface area contributed by atoms with Gasteiger partial charge in [0, 0.05) is 43.0 Å². The van der Waals surface area contributed by atoms with Gasteiger partial charge in [-0.25, -0.2) is 0 Å². The fourth-order valence-electron chi connectivity index (χ4n) is 2.87. The lowest BCUT2D eigenvalue weighted by Gasteiger charge is -2.31. The van der Waals surface area contributed by atoms with Gasteiger partial charge in [-0.3, -0.25) is 0 Å². The fraction of sp³-hybridized carbons (Fsp3) is 0.471. The Hall–Kier alpha value is -1.10. The highest BCUT2D eigenvalue weighted by atomic mass is 35.5. The molecule has 0 aliphatic carbocycles. The lowest BCUT2D eigenvalue weighted by atomic mass is 10.1. The highest BCUT2D eigenvalue weighted by molar-refractivity contribution is 7.81. The van der Waals surface area contributed by atoms with E-state index in [1.54, 1.807) is 0 Å². The summed E-state index contributed by atoms with van der Waals surface area (Å²) in [6.07, 6.45) is 4.75. The molecule has 0 unspecified atom stereocenters. The van der Waals surface area contributed by atoms with Gasteiger partial charge in [-0.15, -0.1) is 0 Å². The van der Waals surface area contributed by atoms with Crippen LogP contribution in [0.25, 0.3) is 5.57 Å². The molecule has 0 amide bonds. The van der Waals surface area contributed by atoms with Crippen LogP contribution in [0.5, 0.6) is 0 Å². The average Bonchev–Trinajstić information content (AvgIpc) is 3.07. The molecule has 2 aliphatic rings. The van der Waals surface area contributed by atoms with E-state index >= 15 is 0 Å². The maximum atomic E-state index is 6.03. The smallest absolute Gasteiger partial charge is 0.111 e. The normalized spacial score (nSPS) is 19.6. The van der Waals surface area contributed by atoms with Crippen molar-refractivity contribution in [1.29, 1.82) is 0 Å². The molecule has 1 aromatic rings. The van der Waals surface area contributed by atoms with Crippen molar-refractivity contribution in [3.05, 3.63) is 41.1 Å².